The summed E-state index contributed by atoms with van der Waals surface area (Å²) < 4.78 is 5.85. The lowest BCUT2D eigenvalue weighted by atomic mass is 10.1. The molecule has 1 aromatic carbocycles. The minimum absolute atomic E-state index is 0.477. The number of benzene rings is 1. The Morgan fingerprint density at radius 3 is 2.35 bits per heavy atom. The maximum atomic E-state index is 6.16. The van der Waals surface area contributed by atoms with Gasteiger partial charge < -0.3 is 10.5 Å². The average Bonchev–Trinajstić information content (AvgIpc) is 2.44. The van der Waals surface area contributed by atoms with Crippen LogP contribution in [0, 0.1) is 13.8 Å². The molecule has 0 saturated carbocycles. The van der Waals surface area contributed by atoms with E-state index in [1.165, 1.54) is 0 Å². The van der Waals surface area contributed by atoms with Crippen LogP contribution < -0.4 is 10.5 Å². The van der Waals surface area contributed by atoms with E-state index in [1.807, 2.05) is 38.1 Å². The van der Waals surface area contributed by atoms with E-state index in [-0.39, 0.29) is 0 Å². The molecule has 0 bridgehead atoms. The van der Waals surface area contributed by atoms with Gasteiger partial charge in [-0.05, 0) is 55.2 Å². The fourth-order valence-corrected chi connectivity index (χ4v) is 2.17. The molecule has 2 rings (SSSR count). The van der Waals surface area contributed by atoms with E-state index in [4.69, 9.17) is 22.1 Å². The highest BCUT2D eigenvalue weighted by molar-refractivity contribution is 6.32. The van der Waals surface area contributed by atoms with Crippen LogP contribution in [0.15, 0.2) is 24.3 Å². The fourth-order valence-electron chi connectivity index (χ4n) is 2.06. The Morgan fingerprint density at radius 2 is 1.80 bits per heavy atom. The second-order valence-corrected chi connectivity index (χ2v) is 5.21. The normalized spacial score (nSPS) is 10.7. The number of ether oxygens (including phenoxy) is 1. The number of nitrogens with two attached hydrogens (primary N) is 1. The van der Waals surface area contributed by atoms with E-state index in [1.54, 1.807) is 0 Å². The fraction of sp³-hybridized carbons (Fsp3) is 0.312. The number of hydrogen-bond donors (Lipinski definition) is 1. The topological polar surface area (TPSA) is 48.1 Å². The number of hydrogen-bond acceptors (Lipinski definition) is 3. The van der Waals surface area contributed by atoms with Crippen LogP contribution in [0.2, 0.25) is 5.02 Å². The zero-order chi connectivity index (χ0) is 14.7. The summed E-state index contributed by atoms with van der Waals surface area (Å²) in [6, 6.07) is 7.71. The molecule has 1 aromatic heterocycles. The maximum Gasteiger partial charge on any atom is 0.219 e. The van der Waals surface area contributed by atoms with Gasteiger partial charge in [0, 0.05) is 23.3 Å². The van der Waals surface area contributed by atoms with Crippen molar-refractivity contribution in [1.29, 1.82) is 0 Å². The highest BCUT2D eigenvalue weighted by Gasteiger charge is 2.07. The van der Waals surface area contributed by atoms with Crippen LogP contribution in [-0.4, -0.2) is 4.98 Å². The minimum atomic E-state index is 0.477. The SMILES string of the molecule is CCc1cc(CN)cc(Oc2cc(C)c(Cl)c(C)c2)n1. The predicted molar refractivity (Wildman–Crippen MR) is 82.5 cm³/mol. The maximum absolute atomic E-state index is 6.16. The van der Waals surface area contributed by atoms with Gasteiger partial charge in [-0.3, -0.25) is 0 Å². The van der Waals surface area contributed by atoms with Gasteiger partial charge in [-0.1, -0.05) is 18.5 Å². The van der Waals surface area contributed by atoms with Crippen molar-refractivity contribution in [2.75, 3.05) is 0 Å². The van der Waals surface area contributed by atoms with Crippen molar-refractivity contribution in [1.82, 2.24) is 4.98 Å². The second-order valence-electron chi connectivity index (χ2n) is 4.84. The highest BCUT2D eigenvalue weighted by Crippen LogP contribution is 2.29. The summed E-state index contributed by atoms with van der Waals surface area (Å²) >= 11 is 6.16. The lowest BCUT2D eigenvalue weighted by molar-refractivity contribution is 0.459. The number of halogens is 1. The molecular weight excluding hydrogens is 272 g/mol. The molecule has 0 radical (unpaired) electrons. The van der Waals surface area contributed by atoms with Gasteiger partial charge in [0.05, 0.1) is 0 Å². The van der Waals surface area contributed by atoms with Crippen molar-refractivity contribution in [2.45, 2.75) is 33.7 Å². The Labute approximate surface area is 124 Å². The van der Waals surface area contributed by atoms with Crippen molar-refractivity contribution in [2.24, 2.45) is 5.73 Å². The van der Waals surface area contributed by atoms with E-state index in [0.29, 0.717) is 12.4 Å². The zero-order valence-electron chi connectivity index (χ0n) is 12.0. The molecule has 106 valence electrons. The molecule has 0 spiro atoms. The summed E-state index contributed by atoms with van der Waals surface area (Å²) in [5.74, 6) is 1.32. The van der Waals surface area contributed by atoms with Crippen molar-refractivity contribution < 1.29 is 4.74 Å². The largest absolute Gasteiger partial charge is 0.439 e. The molecule has 3 nitrogen and oxygen atoms in total. The molecule has 0 saturated heterocycles. The van der Waals surface area contributed by atoms with E-state index < -0.39 is 0 Å². The first-order valence-electron chi connectivity index (χ1n) is 6.68. The van der Waals surface area contributed by atoms with Crippen LogP contribution in [0.1, 0.15) is 29.3 Å². The Bertz CT molecular complexity index is 581. The molecule has 0 aliphatic rings. The Balaban J connectivity index is 2.34. The molecule has 2 N–H and O–H groups in total. The van der Waals surface area contributed by atoms with Crippen molar-refractivity contribution in [3.05, 3.63) is 51.7 Å². The number of rotatable bonds is 4. The molecule has 0 aliphatic carbocycles. The lowest BCUT2D eigenvalue weighted by Gasteiger charge is -2.11. The van der Waals surface area contributed by atoms with E-state index in [2.05, 4.69) is 11.9 Å². The standard InChI is InChI=1S/C16H19ClN2O/c1-4-13-7-12(9-18)8-15(19-13)20-14-5-10(2)16(17)11(3)6-14/h5-8H,4,9,18H2,1-3H3. The average molecular weight is 291 g/mol. The number of aryl methyl sites for hydroxylation is 3. The molecule has 0 aliphatic heterocycles. The molecule has 0 fully saturated rings. The molecule has 0 unspecified atom stereocenters. The smallest absolute Gasteiger partial charge is 0.219 e. The quantitative estimate of drug-likeness (QED) is 0.919. The number of aromatic nitrogens is 1. The van der Waals surface area contributed by atoms with Gasteiger partial charge in [0.1, 0.15) is 5.75 Å². The first-order chi connectivity index (χ1) is 9.53. The lowest BCUT2D eigenvalue weighted by Crippen LogP contribution is -2.01. The molecular formula is C16H19ClN2O. The first kappa shape index (κ1) is 14.8. The van der Waals surface area contributed by atoms with Gasteiger partial charge in [0.2, 0.25) is 5.88 Å². The molecule has 0 amide bonds. The Hall–Kier alpha value is -1.58. The predicted octanol–water partition coefficient (Wildman–Crippen LogP) is 4.17. The molecule has 20 heavy (non-hydrogen) atoms. The van der Waals surface area contributed by atoms with Gasteiger partial charge in [-0.2, -0.15) is 0 Å². The highest BCUT2D eigenvalue weighted by atomic mass is 35.5. The van der Waals surface area contributed by atoms with Crippen LogP contribution >= 0.6 is 11.6 Å². The van der Waals surface area contributed by atoms with Crippen LogP contribution in [-0.2, 0) is 13.0 Å². The van der Waals surface area contributed by atoms with Crippen LogP contribution in [0.4, 0.5) is 0 Å². The van der Waals surface area contributed by atoms with Gasteiger partial charge in [-0.25, -0.2) is 4.98 Å². The van der Waals surface area contributed by atoms with Crippen LogP contribution in [0.3, 0.4) is 0 Å². The molecule has 2 aromatic rings. The van der Waals surface area contributed by atoms with E-state index >= 15 is 0 Å². The third-order valence-corrected chi connectivity index (χ3v) is 3.74. The summed E-state index contributed by atoms with van der Waals surface area (Å²) in [4.78, 5) is 4.47. The van der Waals surface area contributed by atoms with Crippen LogP contribution in [0.5, 0.6) is 11.6 Å². The summed E-state index contributed by atoms with van der Waals surface area (Å²) in [7, 11) is 0. The van der Waals surface area contributed by atoms with Gasteiger partial charge >= 0.3 is 0 Å². The Morgan fingerprint density at radius 1 is 1.15 bits per heavy atom. The van der Waals surface area contributed by atoms with Gasteiger partial charge in [0.15, 0.2) is 0 Å². The second kappa shape index (κ2) is 6.25. The monoisotopic (exact) mass is 290 g/mol. The van der Waals surface area contributed by atoms with E-state index in [0.717, 1.165) is 39.6 Å². The van der Waals surface area contributed by atoms with Crippen molar-refractivity contribution in [3.63, 3.8) is 0 Å². The third-order valence-electron chi connectivity index (χ3n) is 3.14. The third kappa shape index (κ3) is 3.30. The summed E-state index contributed by atoms with van der Waals surface area (Å²) in [5, 5.41) is 0.773. The Kier molecular flexibility index (Phi) is 4.63. The first-order valence-corrected chi connectivity index (χ1v) is 7.05. The molecule has 4 heteroatoms. The summed E-state index contributed by atoms with van der Waals surface area (Å²) in [6.07, 6.45) is 0.850. The minimum Gasteiger partial charge on any atom is -0.439 e. The molecule has 1 heterocycles. The zero-order valence-corrected chi connectivity index (χ0v) is 12.8. The summed E-state index contributed by atoms with van der Waals surface area (Å²) in [5.41, 5.74) is 9.69. The number of pyridine rings is 1. The van der Waals surface area contributed by atoms with Gasteiger partial charge in [0.25, 0.3) is 0 Å². The van der Waals surface area contributed by atoms with E-state index in [9.17, 15) is 0 Å². The van der Waals surface area contributed by atoms with Crippen LogP contribution in [0.25, 0.3) is 0 Å². The van der Waals surface area contributed by atoms with Crippen molar-refractivity contribution >= 4 is 11.6 Å². The molecule has 0 atom stereocenters. The van der Waals surface area contributed by atoms with Gasteiger partial charge in [-0.15, -0.1) is 0 Å². The number of nitrogens with zero attached hydrogens (tertiary/aromatic N) is 1. The summed E-state index contributed by atoms with van der Waals surface area (Å²) in [6.45, 7) is 6.46. The van der Waals surface area contributed by atoms with Crippen molar-refractivity contribution in [3.8, 4) is 11.6 Å².